The SMILES string of the molecule is COc1ccc(-n2c(SCCN3C(=O)c4ccccc4C3=O)nnc2-c2ccncc2)cc1. The first-order valence-corrected chi connectivity index (χ1v) is 11.2. The predicted octanol–water partition coefficient (Wildman–Crippen LogP) is 3.73. The van der Waals surface area contributed by atoms with Crippen LogP contribution in [0.1, 0.15) is 20.7 Å². The van der Waals surface area contributed by atoms with Crippen LogP contribution < -0.4 is 4.74 Å². The van der Waals surface area contributed by atoms with E-state index in [0.717, 1.165) is 17.0 Å². The molecular formula is C24H19N5O3S. The summed E-state index contributed by atoms with van der Waals surface area (Å²) in [5, 5.41) is 9.45. The van der Waals surface area contributed by atoms with Gasteiger partial charge in [0.1, 0.15) is 5.75 Å². The number of carbonyl (C=O) groups excluding carboxylic acids is 2. The third-order valence-corrected chi connectivity index (χ3v) is 6.24. The zero-order chi connectivity index (χ0) is 22.8. The number of rotatable bonds is 7. The number of thioether (sulfide) groups is 1. The van der Waals surface area contributed by atoms with E-state index in [2.05, 4.69) is 15.2 Å². The zero-order valence-corrected chi connectivity index (χ0v) is 18.5. The minimum atomic E-state index is -0.259. The van der Waals surface area contributed by atoms with Crippen molar-refractivity contribution in [2.24, 2.45) is 0 Å². The molecule has 0 saturated heterocycles. The lowest BCUT2D eigenvalue weighted by molar-refractivity contribution is 0.0664. The summed E-state index contributed by atoms with van der Waals surface area (Å²) in [7, 11) is 1.62. The van der Waals surface area contributed by atoms with E-state index in [-0.39, 0.29) is 18.4 Å². The van der Waals surface area contributed by atoms with E-state index in [1.807, 2.05) is 41.0 Å². The Morgan fingerprint density at radius 3 is 2.18 bits per heavy atom. The molecule has 0 saturated carbocycles. The number of nitrogens with zero attached hydrogens (tertiary/aromatic N) is 5. The molecule has 0 fully saturated rings. The second-order valence-electron chi connectivity index (χ2n) is 7.23. The number of pyridine rings is 1. The van der Waals surface area contributed by atoms with Gasteiger partial charge < -0.3 is 4.74 Å². The molecule has 3 heterocycles. The van der Waals surface area contributed by atoms with Crippen molar-refractivity contribution in [1.29, 1.82) is 0 Å². The van der Waals surface area contributed by atoms with Crippen LogP contribution in [0.4, 0.5) is 0 Å². The molecule has 164 valence electrons. The number of imide groups is 1. The van der Waals surface area contributed by atoms with E-state index in [1.165, 1.54) is 16.7 Å². The van der Waals surface area contributed by atoms with Gasteiger partial charge in [-0.25, -0.2) is 0 Å². The Kier molecular flexibility index (Phi) is 5.62. The number of benzene rings is 2. The fourth-order valence-electron chi connectivity index (χ4n) is 3.69. The van der Waals surface area contributed by atoms with Crippen molar-refractivity contribution in [3.05, 3.63) is 84.2 Å². The van der Waals surface area contributed by atoms with Gasteiger partial charge in [0.15, 0.2) is 11.0 Å². The van der Waals surface area contributed by atoms with Crippen LogP contribution in [0.2, 0.25) is 0 Å². The molecule has 2 aromatic heterocycles. The van der Waals surface area contributed by atoms with Gasteiger partial charge in [-0.1, -0.05) is 23.9 Å². The summed E-state index contributed by atoms with van der Waals surface area (Å²) in [6, 6.07) is 18.3. The Bertz CT molecular complexity index is 1290. The lowest BCUT2D eigenvalue weighted by atomic mass is 10.1. The van der Waals surface area contributed by atoms with Crippen molar-refractivity contribution in [1.82, 2.24) is 24.6 Å². The van der Waals surface area contributed by atoms with E-state index < -0.39 is 0 Å². The number of methoxy groups -OCH3 is 1. The van der Waals surface area contributed by atoms with Crippen LogP contribution >= 0.6 is 11.8 Å². The smallest absolute Gasteiger partial charge is 0.261 e. The first-order chi connectivity index (χ1) is 16.2. The van der Waals surface area contributed by atoms with Gasteiger partial charge >= 0.3 is 0 Å². The summed E-state index contributed by atoms with van der Waals surface area (Å²) in [6.07, 6.45) is 3.41. The van der Waals surface area contributed by atoms with Crippen LogP contribution in [-0.2, 0) is 0 Å². The van der Waals surface area contributed by atoms with Gasteiger partial charge in [-0.3, -0.25) is 24.0 Å². The van der Waals surface area contributed by atoms with E-state index in [4.69, 9.17) is 4.74 Å². The molecule has 0 unspecified atom stereocenters. The summed E-state index contributed by atoms with van der Waals surface area (Å²) in [5.41, 5.74) is 2.65. The Hall–Kier alpha value is -3.98. The molecule has 0 spiro atoms. The lowest BCUT2D eigenvalue weighted by Gasteiger charge is -2.14. The van der Waals surface area contributed by atoms with Crippen LogP contribution in [0.3, 0.4) is 0 Å². The summed E-state index contributed by atoms with van der Waals surface area (Å²) >= 11 is 1.43. The predicted molar refractivity (Wildman–Crippen MR) is 124 cm³/mol. The Morgan fingerprint density at radius 2 is 1.55 bits per heavy atom. The molecular weight excluding hydrogens is 438 g/mol. The minimum absolute atomic E-state index is 0.259. The molecule has 0 radical (unpaired) electrons. The quantitative estimate of drug-likeness (QED) is 0.309. The lowest BCUT2D eigenvalue weighted by Crippen LogP contribution is -2.31. The first kappa shape index (κ1) is 20.9. The molecule has 5 rings (SSSR count). The fourth-order valence-corrected chi connectivity index (χ4v) is 4.56. The highest BCUT2D eigenvalue weighted by Crippen LogP contribution is 2.29. The third-order valence-electron chi connectivity index (χ3n) is 5.33. The maximum Gasteiger partial charge on any atom is 0.261 e. The largest absolute Gasteiger partial charge is 0.497 e. The molecule has 2 aromatic carbocycles. The molecule has 33 heavy (non-hydrogen) atoms. The first-order valence-electron chi connectivity index (χ1n) is 10.3. The maximum atomic E-state index is 12.6. The minimum Gasteiger partial charge on any atom is -0.497 e. The van der Waals surface area contributed by atoms with E-state index >= 15 is 0 Å². The number of hydrogen-bond donors (Lipinski definition) is 0. The Morgan fingerprint density at radius 1 is 0.879 bits per heavy atom. The maximum absolute atomic E-state index is 12.6. The van der Waals surface area contributed by atoms with Crippen molar-refractivity contribution in [2.45, 2.75) is 5.16 Å². The van der Waals surface area contributed by atoms with Crippen LogP contribution in [0.5, 0.6) is 5.75 Å². The molecule has 1 aliphatic rings. The topological polar surface area (TPSA) is 90.2 Å². The van der Waals surface area contributed by atoms with Crippen molar-refractivity contribution >= 4 is 23.6 Å². The van der Waals surface area contributed by atoms with E-state index in [1.54, 1.807) is 43.8 Å². The third kappa shape index (κ3) is 3.87. The molecule has 1 aliphatic heterocycles. The van der Waals surface area contributed by atoms with Crippen molar-refractivity contribution in [3.8, 4) is 22.8 Å². The summed E-state index contributed by atoms with van der Waals surface area (Å²) in [4.78, 5) is 30.6. The standard InChI is InChI=1S/C24H19N5O3S/c1-32-18-8-6-17(7-9-18)29-21(16-10-12-25-13-11-16)26-27-24(29)33-15-14-28-22(30)19-4-2-3-5-20(19)23(28)31/h2-13H,14-15H2,1H3. The molecule has 0 aliphatic carbocycles. The van der Waals surface area contributed by atoms with Gasteiger partial charge in [0.05, 0.1) is 18.2 Å². The van der Waals surface area contributed by atoms with Crippen LogP contribution in [0, 0.1) is 0 Å². The molecule has 0 atom stereocenters. The van der Waals surface area contributed by atoms with E-state index in [9.17, 15) is 9.59 Å². The highest BCUT2D eigenvalue weighted by molar-refractivity contribution is 7.99. The van der Waals surface area contributed by atoms with Crippen molar-refractivity contribution in [2.75, 3.05) is 19.4 Å². The number of carbonyl (C=O) groups is 2. The molecule has 9 heteroatoms. The Labute approximate surface area is 194 Å². The second-order valence-corrected chi connectivity index (χ2v) is 8.29. The highest BCUT2D eigenvalue weighted by Gasteiger charge is 2.34. The van der Waals surface area contributed by atoms with Crippen LogP contribution in [0.15, 0.2) is 78.2 Å². The zero-order valence-electron chi connectivity index (χ0n) is 17.7. The number of fused-ring (bicyclic) bond motifs is 1. The molecule has 0 N–H and O–H groups in total. The van der Waals surface area contributed by atoms with Crippen molar-refractivity contribution < 1.29 is 14.3 Å². The average molecular weight is 458 g/mol. The molecule has 2 amide bonds. The number of aromatic nitrogens is 4. The Balaban J connectivity index is 1.40. The second kappa shape index (κ2) is 8.87. The van der Waals surface area contributed by atoms with Crippen LogP contribution in [0.25, 0.3) is 17.1 Å². The number of amides is 2. The van der Waals surface area contributed by atoms with Gasteiger partial charge in [0.2, 0.25) is 0 Å². The van der Waals surface area contributed by atoms with Gasteiger partial charge in [-0.2, -0.15) is 0 Å². The van der Waals surface area contributed by atoms with E-state index in [0.29, 0.717) is 27.9 Å². The van der Waals surface area contributed by atoms with Crippen molar-refractivity contribution in [3.63, 3.8) is 0 Å². The number of ether oxygens (including phenoxy) is 1. The van der Waals surface area contributed by atoms with Gasteiger partial charge in [-0.15, -0.1) is 10.2 Å². The normalized spacial score (nSPS) is 12.8. The molecule has 8 nitrogen and oxygen atoms in total. The monoisotopic (exact) mass is 457 g/mol. The van der Waals surface area contributed by atoms with Crippen LogP contribution in [-0.4, -0.2) is 55.9 Å². The fraction of sp³-hybridized carbons (Fsp3) is 0.125. The summed E-state index contributed by atoms with van der Waals surface area (Å²) in [6.45, 7) is 0.275. The molecule has 4 aromatic rings. The average Bonchev–Trinajstić information content (AvgIpc) is 3.40. The molecule has 0 bridgehead atoms. The van der Waals surface area contributed by atoms with Gasteiger partial charge in [0.25, 0.3) is 11.8 Å². The highest BCUT2D eigenvalue weighted by atomic mass is 32.2. The van der Waals surface area contributed by atoms with Gasteiger partial charge in [-0.05, 0) is 48.5 Å². The van der Waals surface area contributed by atoms with Gasteiger partial charge in [0, 0.05) is 35.9 Å². The number of hydrogen-bond acceptors (Lipinski definition) is 7. The summed E-state index contributed by atoms with van der Waals surface area (Å²) < 4.78 is 7.22. The summed E-state index contributed by atoms with van der Waals surface area (Å²) in [5.74, 6) is 1.38.